The Labute approximate surface area is 205 Å². The number of aliphatic hydroxyl groups excluding tert-OH is 1. The maximum absolute atomic E-state index is 13.3. The lowest BCUT2D eigenvalue weighted by Crippen LogP contribution is -2.29. The number of aliphatic hydroxyl groups is 1. The predicted octanol–water partition coefficient (Wildman–Crippen LogP) is 6.04. The Morgan fingerprint density at radius 2 is 1.54 bits per heavy atom. The summed E-state index contributed by atoms with van der Waals surface area (Å²) in [4.78, 5) is 28.0. The molecular weight excluding hydrogens is 436 g/mol. The van der Waals surface area contributed by atoms with Gasteiger partial charge in [0.05, 0.1) is 23.2 Å². The number of nitrogens with zero attached hydrogens (tertiary/aromatic N) is 2. The van der Waals surface area contributed by atoms with Crippen LogP contribution in [0.3, 0.4) is 0 Å². The first-order valence-electron chi connectivity index (χ1n) is 11.7. The molecule has 3 aromatic rings. The number of amides is 1. The standard InChI is InChI=1S/C30H28N2O3/c1-5-19-6-10-22(11-7-19)27(33)25-26(21-12-14-23(15-13-21)30(2,3)4)32(29(35)28(25)34)24-16-8-20(18-31)9-17-24/h6-17,26,33H,5H2,1-4H3/b27-25-. The lowest BCUT2D eigenvalue weighted by molar-refractivity contribution is -0.132. The second-order valence-corrected chi connectivity index (χ2v) is 9.75. The van der Waals surface area contributed by atoms with Crippen molar-refractivity contribution in [1.82, 2.24) is 0 Å². The lowest BCUT2D eigenvalue weighted by Gasteiger charge is -2.26. The van der Waals surface area contributed by atoms with Crippen molar-refractivity contribution < 1.29 is 14.7 Å². The van der Waals surface area contributed by atoms with Gasteiger partial charge in [0, 0.05) is 11.3 Å². The van der Waals surface area contributed by atoms with Crippen molar-refractivity contribution in [3.05, 3.63) is 106 Å². The molecule has 35 heavy (non-hydrogen) atoms. The molecule has 176 valence electrons. The number of aryl methyl sites for hydroxylation is 1. The summed E-state index contributed by atoms with van der Waals surface area (Å²) >= 11 is 0. The number of hydrogen-bond acceptors (Lipinski definition) is 4. The zero-order valence-electron chi connectivity index (χ0n) is 20.4. The Morgan fingerprint density at radius 1 is 0.943 bits per heavy atom. The minimum absolute atomic E-state index is 0.0483. The molecule has 0 bridgehead atoms. The highest BCUT2D eigenvalue weighted by atomic mass is 16.3. The van der Waals surface area contributed by atoms with Crippen molar-refractivity contribution in [3.63, 3.8) is 0 Å². The van der Waals surface area contributed by atoms with Gasteiger partial charge in [0.1, 0.15) is 5.76 Å². The number of ketones is 1. The van der Waals surface area contributed by atoms with Crippen LogP contribution >= 0.6 is 0 Å². The summed E-state index contributed by atoms with van der Waals surface area (Å²) in [5, 5.41) is 20.4. The van der Waals surface area contributed by atoms with Crippen LogP contribution < -0.4 is 4.90 Å². The molecular formula is C30H28N2O3. The number of hydrogen-bond donors (Lipinski definition) is 1. The van der Waals surface area contributed by atoms with E-state index in [-0.39, 0.29) is 16.7 Å². The van der Waals surface area contributed by atoms with Gasteiger partial charge in [-0.3, -0.25) is 14.5 Å². The molecule has 0 aliphatic carbocycles. The first-order chi connectivity index (χ1) is 16.7. The third kappa shape index (κ3) is 4.48. The number of Topliss-reactive ketones (excluding diaryl/α,β-unsaturated/α-hetero) is 1. The molecule has 0 aromatic heterocycles. The zero-order chi connectivity index (χ0) is 25.3. The quantitative estimate of drug-likeness (QED) is 0.290. The average molecular weight is 465 g/mol. The van der Waals surface area contributed by atoms with Gasteiger partial charge in [0.25, 0.3) is 11.7 Å². The molecule has 4 rings (SSSR count). The molecule has 1 amide bonds. The fourth-order valence-electron chi connectivity index (χ4n) is 4.33. The van der Waals surface area contributed by atoms with Gasteiger partial charge in [-0.05, 0) is 52.8 Å². The van der Waals surface area contributed by atoms with E-state index in [0.717, 1.165) is 17.5 Å². The first kappa shape index (κ1) is 24.0. The van der Waals surface area contributed by atoms with Gasteiger partial charge in [0.2, 0.25) is 0 Å². The Balaban J connectivity index is 1.90. The molecule has 0 saturated carbocycles. The highest BCUT2D eigenvalue weighted by molar-refractivity contribution is 6.51. The van der Waals surface area contributed by atoms with Crippen molar-refractivity contribution in [1.29, 1.82) is 5.26 Å². The van der Waals surface area contributed by atoms with Crippen molar-refractivity contribution in [2.24, 2.45) is 0 Å². The van der Waals surface area contributed by atoms with Crippen LogP contribution in [0.2, 0.25) is 0 Å². The number of carbonyl (C=O) groups is 2. The maximum atomic E-state index is 13.3. The molecule has 0 spiro atoms. The topological polar surface area (TPSA) is 81.4 Å². The van der Waals surface area contributed by atoms with Crippen LogP contribution in [-0.4, -0.2) is 16.8 Å². The normalized spacial score (nSPS) is 17.5. The predicted molar refractivity (Wildman–Crippen MR) is 137 cm³/mol. The van der Waals surface area contributed by atoms with Crippen LogP contribution in [0.1, 0.15) is 61.6 Å². The molecule has 1 saturated heterocycles. The first-order valence-corrected chi connectivity index (χ1v) is 11.7. The SMILES string of the molecule is CCc1ccc(/C(O)=C2/C(=O)C(=O)N(c3ccc(C#N)cc3)C2c2ccc(C(C)(C)C)cc2)cc1. The average Bonchev–Trinajstić information content (AvgIpc) is 3.13. The van der Waals surface area contributed by atoms with Gasteiger partial charge in [-0.15, -0.1) is 0 Å². The smallest absolute Gasteiger partial charge is 0.300 e. The molecule has 1 atom stereocenters. The molecule has 1 unspecified atom stereocenters. The molecule has 1 heterocycles. The Kier molecular flexibility index (Phi) is 6.32. The largest absolute Gasteiger partial charge is 0.507 e. The number of carbonyl (C=O) groups excluding carboxylic acids is 2. The summed E-state index contributed by atoms with van der Waals surface area (Å²) < 4.78 is 0. The molecule has 5 nitrogen and oxygen atoms in total. The van der Waals surface area contributed by atoms with Crippen molar-refractivity contribution in [2.75, 3.05) is 4.90 Å². The van der Waals surface area contributed by atoms with Gasteiger partial charge in [0.15, 0.2) is 0 Å². The van der Waals surface area contributed by atoms with Gasteiger partial charge in [-0.25, -0.2) is 0 Å². The number of anilines is 1. The number of rotatable bonds is 4. The van der Waals surface area contributed by atoms with E-state index < -0.39 is 17.7 Å². The van der Waals surface area contributed by atoms with Crippen LogP contribution in [0.4, 0.5) is 5.69 Å². The van der Waals surface area contributed by atoms with Gasteiger partial charge in [-0.1, -0.05) is 76.2 Å². The van der Waals surface area contributed by atoms with Crippen molar-refractivity contribution in [3.8, 4) is 6.07 Å². The minimum Gasteiger partial charge on any atom is -0.507 e. The fourth-order valence-corrected chi connectivity index (χ4v) is 4.33. The number of nitriles is 1. The number of benzene rings is 3. The van der Waals surface area contributed by atoms with E-state index in [1.807, 2.05) is 43.3 Å². The van der Waals surface area contributed by atoms with Crippen LogP contribution in [0, 0.1) is 11.3 Å². The molecule has 1 N–H and O–H groups in total. The highest BCUT2D eigenvalue weighted by Gasteiger charge is 2.47. The van der Waals surface area contributed by atoms with E-state index in [2.05, 4.69) is 26.8 Å². The van der Waals surface area contributed by atoms with Gasteiger partial charge < -0.3 is 5.11 Å². The van der Waals surface area contributed by atoms with E-state index in [1.54, 1.807) is 36.4 Å². The summed E-state index contributed by atoms with van der Waals surface area (Å²) in [7, 11) is 0. The van der Waals surface area contributed by atoms with Crippen molar-refractivity contribution in [2.45, 2.75) is 45.6 Å². The third-order valence-corrected chi connectivity index (χ3v) is 6.45. The van der Waals surface area contributed by atoms with E-state index in [9.17, 15) is 14.7 Å². The Morgan fingerprint density at radius 3 is 2.06 bits per heavy atom. The van der Waals surface area contributed by atoms with Crippen LogP contribution in [0.25, 0.3) is 5.76 Å². The summed E-state index contributed by atoms with van der Waals surface area (Å²) in [6.45, 7) is 8.39. The Hall–Kier alpha value is -4.17. The van der Waals surface area contributed by atoms with Crippen LogP contribution in [0.5, 0.6) is 0 Å². The third-order valence-electron chi connectivity index (χ3n) is 6.45. The molecule has 5 heteroatoms. The van der Waals surface area contributed by atoms with E-state index in [0.29, 0.717) is 22.4 Å². The molecule has 0 radical (unpaired) electrons. The minimum atomic E-state index is -0.803. The van der Waals surface area contributed by atoms with E-state index >= 15 is 0 Å². The Bertz CT molecular complexity index is 1340. The monoisotopic (exact) mass is 464 g/mol. The summed E-state index contributed by atoms with van der Waals surface area (Å²) in [6, 6.07) is 22.9. The second kappa shape index (κ2) is 9.23. The molecule has 1 aliphatic rings. The highest BCUT2D eigenvalue weighted by Crippen LogP contribution is 2.42. The zero-order valence-corrected chi connectivity index (χ0v) is 20.4. The van der Waals surface area contributed by atoms with E-state index in [1.165, 1.54) is 4.90 Å². The van der Waals surface area contributed by atoms with Crippen molar-refractivity contribution >= 4 is 23.1 Å². The fraction of sp³-hybridized carbons (Fsp3) is 0.233. The lowest BCUT2D eigenvalue weighted by atomic mass is 9.85. The van der Waals surface area contributed by atoms with Crippen LogP contribution in [-0.2, 0) is 21.4 Å². The molecule has 3 aromatic carbocycles. The molecule has 1 aliphatic heterocycles. The second-order valence-electron chi connectivity index (χ2n) is 9.75. The van der Waals surface area contributed by atoms with E-state index in [4.69, 9.17) is 5.26 Å². The summed E-state index contributed by atoms with van der Waals surface area (Å²) in [5.41, 5.74) is 4.34. The van der Waals surface area contributed by atoms with Crippen LogP contribution in [0.15, 0.2) is 78.4 Å². The summed E-state index contributed by atoms with van der Waals surface area (Å²) in [6.07, 6.45) is 0.851. The van der Waals surface area contributed by atoms with Gasteiger partial charge in [-0.2, -0.15) is 5.26 Å². The summed E-state index contributed by atoms with van der Waals surface area (Å²) in [5.74, 6) is -1.66. The maximum Gasteiger partial charge on any atom is 0.300 e. The molecule has 1 fully saturated rings. The van der Waals surface area contributed by atoms with Gasteiger partial charge >= 0.3 is 0 Å².